The molecule has 4 rings (SSSR count). The minimum Gasteiger partial charge on any atom is -0.490 e. The van der Waals surface area contributed by atoms with Gasteiger partial charge in [-0.2, -0.15) is 0 Å². The zero-order valence-electron chi connectivity index (χ0n) is 51.1. The first-order chi connectivity index (χ1) is 39.0. The summed E-state index contributed by atoms with van der Waals surface area (Å²) in [7, 11) is 0. The van der Waals surface area contributed by atoms with Crippen molar-refractivity contribution in [3.63, 3.8) is 0 Å². The largest absolute Gasteiger partial charge is 0.490 e. The van der Waals surface area contributed by atoms with E-state index in [2.05, 4.69) is 112 Å². The number of halogens is 1. The molecule has 0 fully saturated rings. The van der Waals surface area contributed by atoms with E-state index < -0.39 is 0 Å². The maximum absolute atomic E-state index is 6.83. The normalized spacial score (nSPS) is 11.3. The summed E-state index contributed by atoms with van der Waals surface area (Å²) >= 11 is 3.69. The van der Waals surface area contributed by atoms with Gasteiger partial charge in [-0.15, -0.1) is 0 Å². The Morgan fingerprint density at radius 2 is 0.532 bits per heavy atom. The van der Waals surface area contributed by atoms with Crippen LogP contribution in [0.15, 0.2) is 59.1 Å². The zero-order chi connectivity index (χ0) is 56.2. The first-order valence-corrected chi connectivity index (χ1v) is 33.5. The molecule has 1 heterocycles. The Morgan fingerprint density at radius 3 is 0.835 bits per heavy atom. The molecule has 9 heteroatoms. The van der Waals surface area contributed by atoms with Crippen LogP contribution in [0.3, 0.4) is 0 Å². The fraction of sp³-hybridized carbons (Fsp3) is 0.686. The third kappa shape index (κ3) is 28.5. The van der Waals surface area contributed by atoms with E-state index in [0.717, 1.165) is 110 Å². The molecule has 0 N–H and O–H groups in total. The molecule has 0 aliphatic carbocycles. The van der Waals surface area contributed by atoms with Crippen LogP contribution in [0.2, 0.25) is 0 Å². The van der Waals surface area contributed by atoms with Gasteiger partial charge >= 0.3 is 0 Å². The van der Waals surface area contributed by atoms with E-state index in [1.54, 1.807) is 0 Å². The zero-order valence-corrected chi connectivity index (χ0v) is 52.7. The van der Waals surface area contributed by atoms with Gasteiger partial charge in [0.05, 0.1) is 51.0 Å². The summed E-state index contributed by atoms with van der Waals surface area (Å²) < 4.78 is 41.9. The molecule has 0 amide bonds. The third-order valence-corrected chi connectivity index (χ3v) is 15.5. The van der Waals surface area contributed by atoms with Gasteiger partial charge in [0.25, 0.3) is 0 Å². The van der Waals surface area contributed by atoms with E-state index in [1.165, 1.54) is 154 Å². The van der Waals surface area contributed by atoms with Crippen molar-refractivity contribution >= 4 is 15.9 Å². The molecule has 0 radical (unpaired) electrons. The van der Waals surface area contributed by atoms with Gasteiger partial charge < -0.3 is 28.4 Å². The second-order valence-electron chi connectivity index (χ2n) is 22.3. The van der Waals surface area contributed by atoms with Crippen molar-refractivity contribution in [1.82, 2.24) is 9.97 Å². The summed E-state index contributed by atoms with van der Waals surface area (Å²) in [5.41, 5.74) is 4.28. The van der Waals surface area contributed by atoms with E-state index in [0.29, 0.717) is 80.0 Å². The van der Waals surface area contributed by atoms with Crippen LogP contribution in [0.5, 0.6) is 34.5 Å². The SMILES string of the molecule is CCCCCCCCOc1cc(-c2cc(-c3ccc(Br)cc3)nc(-c3cc(OCCCCCCCC)c(OCCCCCCCC)c(OCCCCCCCC)c3)n2)cc(OCCCCCCCC)c1OCCCCCCCC. The molecule has 0 saturated carbocycles. The summed E-state index contributed by atoms with van der Waals surface area (Å²) in [5, 5.41) is 0. The number of nitrogens with zero attached hydrogens (tertiary/aromatic N) is 2. The van der Waals surface area contributed by atoms with E-state index >= 15 is 0 Å². The molecule has 3 aromatic carbocycles. The molecule has 0 bridgehead atoms. The van der Waals surface area contributed by atoms with Crippen LogP contribution in [-0.2, 0) is 0 Å². The van der Waals surface area contributed by atoms with Crippen LogP contribution in [0.4, 0.5) is 0 Å². The van der Waals surface area contributed by atoms with Crippen molar-refractivity contribution in [2.45, 2.75) is 273 Å². The fourth-order valence-corrected chi connectivity index (χ4v) is 10.3. The minimum absolute atomic E-state index is 0.583. The molecule has 8 nitrogen and oxygen atoms in total. The summed E-state index contributed by atoms with van der Waals surface area (Å²) in [6.07, 6.45) is 42.7. The highest BCUT2D eigenvalue weighted by Gasteiger charge is 2.22. The van der Waals surface area contributed by atoms with Crippen LogP contribution in [-0.4, -0.2) is 49.6 Å². The number of hydrogen-bond acceptors (Lipinski definition) is 8. The highest BCUT2D eigenvalue weighted by molar-refractivity contribution is 9.10. The smallest absolute Gasteiger partial charge is 0.203 e. The molecule has 0 atom stereocenters. The Balaban J connectivity index is 1.88. The highest BCUT2D eigenvalue weighted by atomic mass is 79.9. The lowest BCUT2D eigenvalue weighted by Gasteiger charge is -2.20. The Bertz CT molecular complexity index is 1930. The topological polar surface area (TPSA) is 81.2 Å². The second-order valence-corrected chi connectivity index (χ2v) is 23.2. The van der Waals surface area contributed by atoms with Gasteiger partial charge in [0.2, 0.25) is 11.5 Å². The highest BCUT2D eigenvalue weighted by Crippen LogP contribution is 2.45. The van der Waals surface area contributed by atoms with Crippen LogP contribution < -0.4 is 28.4 Å². The molecule has 0 spiro atoms. The molecule has 1 aromatic heterocycles. The Kier molecular flexibility index (Phi) is 38.2. The molecule has 0 saturated heterocycles. The Hall–Kier alpha value is -3.98. The number of rotatable bonds is 51. The van der Waals surface area contributed by atoms with Gasteiger partial charge in [0, 0.05) is 21.2 Å². The van der Waals surface area contributed by atoms with Crippen LogP contribution in [0, 0.1) is 0 Å². The molecule has 0 aliphatic heterocycles. The fourth-order valence-electron chi connectivity index (χ4n) is 10.0. The van der Waals surface area contributed by atoms with Crippen molar-refractivity contribution < 1.29 is 28.4 Å². The molecule has 0 unspecified atom stereocenters. The average Bonchev–Trinajstić information content (AvgIpc) is 3.53. The minimum atomic E-state index is 0.583. The number of benzene rings is 3. The molecule has 0 aliphatic rings. The second kappa shape index (κ2) is 44.6. The third-order valence-electron chi connectivity index (χ3n) is 15.0. The monoisotopic (exact) mass is 1150 g/mol. The molecule has 444 valence electrons. The molecule has 4 aromatic rings. The van der Waals surface area contributed by atoms with Gasteiger partial charge in [0.1, 0.15) is 0 Å². The quantitative estimate of drug-likeness (QED) is 0.0405. The summed E-state index contributed by atoms with van der Waals surface area (Å²) in [6.45, 7) is 17.3. The average molecular weight is 1160 g/mol. The number of aromatic nitrogens is 2. The molecular formula is C70H111BrN2O6. The maximum atomic E-state index is 6.83. The Morgan fingerprint density at radius 1 is 0.278 bits per heavy atom. The predicted molar refractivity (Wildman–Crippen MR) is 339 cm³/mol. The maximum Gasteiger partial charge on any atom is 0.203 e. The van der Waals surface area contributed by atoms with Crippen LogP contribution >= 0.6 is 15.9 Å². The number of unbranched alkanes of at least 4 members (excludes halogenated alkanes) is 30. The van der Waals surface area contributed by atoms with Crippen LogP contribution in [0.25, 0.3) is 33.9 Å². The lowest BCUT2D eigenvalue weighted by molar-refractivity contribution is 0.234. The van der Waals surface area contributed by atoms with Crippen molar-refractivity contribution in [1.29, 1.82) is 0 Å². The van der Waals surface area contributed by atoms with Crippen molar-refractivity contribution in [2.24, 2.45) is 0 Å². The van der Waals surface area contributed by atoms with Gasteiger partial charge in [-0.25, -0.2) is 9.97 Å². The first kappa shape index (κ1) is 67.5. The standard InChI is InChI=1S/C70H111BrN2O6/c1-7-13-19-25-31-37-47-74-64-53-59(54-65(75-48-38-32-26-20-14-8-2)68(64)78-51-41-35-29-23-17-11-5)63-57-62(58-43-45-61(71)46-44-58)72-70(73-63)60-55-66(76-49-39-33-27-21-15-9-3)69(79-52-42-36-30-24-18-12-6)67(56-60)77-50-40-34-28-22-16-10-4/h43-46,53-57H,7-42,47-52H2,1-6H3. The van der Waals surface area contributed by atoms with Gasteiger partial charge in [0.15, 0.2) is 28.8 Å². The van der Waals surface area contributed by atoms with E-state index in [4.69, 9.17) is 38.4 Å². The first-order valence-electron chi connectivity index (χ1n) is 32.7. The van der Waals surface area contributed by atoms with Crippen molar-refractivity contribution in [3.05, 3.63) is 59.1 Å². The molecule has 79 heavy (non-hydrogen) atoms. The Labute approximate surface area is 491 Å². The van der Waals surface area contributed by atoms with Gasteiger partial charge in [-0.1, -0.05) is 262 Å². The van der Waals surface area contributed by atoms with E-state index in [-0.39, 0.29) is 0 Å². The number of hydrogen-bond donors (Lipinski definition) is 0. The lowest BCUT2D eigenvalue weighted by atomic mass is 10.0. The number of ether oxygens (including phenoxy) is 6. The van der Waals surface area contributed by atoms with E-state index in [9.17, 15) is 0 Å². The summed E-state index contributed by atoms with van der Waals surface area (Å²) in [5.74, 6) is 4.78. The summed E-state index contributed by atoms with van der Waals surface area (Å²) in [6, 6.07) is 19.0. The van der Waals surface area contributed by atoms with E-state index in [1.807, 2.05) is 0 Å². The van der Waals surface area contributed by atoms with Crippen LogP contribution in [0.1, 0.15) is 273 Å². The van der Waals surface area contributed by atoms with Crippen molar-refractivity contribution in [3.8, 4) is 68.4 Å². The van der Waals surface area contributed by atoms with Gasteiger partial charge in [-0.3, -0.25) is 0 Å². The van der Waals surface area contributed by atoms with Crippen molar-refractivity contribution in [2.75, 3.05) is 39.6 Å². The lowest BCUT2D eigenvalue weighted by Crippen LogP contribution is -2.08. The molecular weight excluding hydrogens is 1040 g/mol. The summed E-state index contributed by atoms with van der Waals surface area (Å²) in [4.78, 5) is 10.9. The predicted octanol–water partition coefficient (Wildman–Crippen LogP) is 22.7. The van der Waals surface area contributed by atoms with Gasteiger partial charge in [-0.05, 0) is 81.0 Å².